The molecule has 2 aromatic carbocycles. The van der Waals surface area contributed by atoms with E-state index in [2.05, 4.69) is 72.5 Å². The van der Waals surface area contributed by atoms with Crippen LogP contribution in [-0.4, -0.2) is 18.1 Å². The summed E-state index contributed by atoms with van der Waals surface area (Å²) in [7, 11) is 0. The van der Waals surface area contributed by atoms with Gasteiger partial charge in [-0.3, -0.25) is 0 Å². The number of nitrogens with zero attached hydrogens (tertiary/aromatic N) is 2. The maximum Gasteiger partial charge on any atom is 0.190 e. The molecule has 3 aromatic rings. The number of benzene rings is 2. The maximum atomic E-state index is 6.06. The van der Waals surface area contributed by atoms with Crippen molar-refractivity contribution in [2.45, 2.75) is 52.9 Å². The Bertz CT molecular complexity index is 932. The van der Waals surface area contributed by atoms with E-state index >= 15 is 0 Å². The van der Waals surface area contributed by atoms with Crippen LogP contribution in [0.25, 0.3) is 6.08 Å². The Morgan fingerprint density at radius 1 is 1.03 bits per heavy atom. The van der Waals surface area contributed by atoms with Crippen LogP contribution in [0.4, 0.5) is 10.8 Å². The van der Waals surface area contributed by atoms with Crippen molar-refractivity contribution in [2.24, 2.45) is 0 Å². The van der Waals surface area contributed by atoms with E-state index in [4.69, 9.17) is 9.72 Å². The molecule has 4 heteroatoms. The van der Waals surface area contributed by atoms with Gasteiger partial charge in [0.1, 0.15) is 12.4 Å². The molecule has 1 aromatic heterocycles. The second-order valence-electron chi connectivity index (χ2n) is 7.33. The number of unbranched alkanes of at least 4 members (excludes halogenated alkanes) is 1. The molecular formula is C27H34N2OS. The standard InChI is InChI=1S/C25H28N2OS.C2H6/c1-2-3-9-20-14-16-22(17-15-20)28-19-18-27(21-10-5-4-6-11-21)25-26-23-12-7-8-13-24(23)29-25;1-2/h4-7,10-12,14-17H,2-3,8-9,13,18-19H2,1H3;1-2H3. The van der Waals surface area contributed by atoms with Crippen molar-refractivity contribution in [1.29, 1.82) is 0 Å². The summed E-state index contributed by atoms with van der Waals surface area (Å²) in [5.74, 6) is 0.930. The Morgan fingerprint density at radius 2 is 1.81 bits per heavy atom. The number of fused-ring (bicyclic) bond motifs is 1. The fraction of sp³-hybridized carbons (Fsp3) is 0.370. The third-order valence-corrected chi connectivity index (χ3v) is 6.31. The molecule has 0 spiro atoms. The average molecular weight is 435 g/mol. The lowest BCUT2D eigenvalue weighted by Gasteiger charge is -2.22. The van der Waals surface area contributed by atoms with Gasteiger partial charge < -0.3 is 9.64 Å². The first-order valence-electron chi connectivity index (χ1n) is 11.5. The van der Waals surface area contributed by atoms with Gasteiger partial charge in [0.25, 0.3) is 0 Å². The maximum absolute atomic E-state index is 6.06. The lowest BCUT2D eigenvalue weighted by molar-refractivity contribution is 0.327. The molecule has 0 N–H and O–H groups in total. The highest BCUT2D eigenvalue weighted by molar-refractivity contribution is 7.15. The van der Waals surface area contributed by atoms with Gasteiger partial charge in [-0.2, -0.15) is 0 Å². The molecule has 0 radical (unpaired) electrons. The third kappa shape index (κ3) is 6.44. The Labute approximate surface area is 191 Å². The van der Waals surface area contributed by atoms with Crippen molar-refractivity contribution in [1.82, 2.24) is 4.98 Å². The Balaban J connectivity index is 0.00000132. The van der Waals surface area contributed by atoms with Crippen LogP contribution in [0.15, 0.2) is 60.7 Å². The van der Waals surface area contributed by atoms with Gasteiger partial charge in [0.05, 0.1) is 12.2 Å². The van der Waals surface area contributed by atoms with E-state index in [1.807, 2.05) is 19.9 Å². The minimum Gasteiger partial charge on any atom is -0.492 e. The monoisotopic (exact) mass is 434 g/mol. The van der Waals surface area contributed by atoms with E-state index < -0.39 is 0 Å². The molecular weight excluding hydrogens is 400 g/mol. The molecule has 0 fully saturated rings. The summed E-state index contributed by atoms with van der Waals surface area (Å²) in [4.78, 5) is 8.55. The topological polar surface area (TPSA) is 25.4 Å². The van der Waals surface area contributed by atoms with Crippen LogP contribution in [0.5, 0.6) is 5.75 Å². The van der Waals surface area contributed by atoms with E-state index in [0.29, 0.717) is 6.61 Å². The van der Waals surface area contributed by atoms with E-state index in [1.165, 1.54) is 23.3 Å². The van der Waals surface area contributed by atoms with Crippen LogP contribution in [0.1, 0.15) is 56.2 Å². The lowest BCUT2D eigenvalue weighted by Crippen LogP contribution is -2.23. The summed E-state index contributed by atoms with van der Waals surface area (Å²) < 4.78 is 6.06. The van der Waals surface area contributed by atoms with Gasteiger partial charge in [0.15, 0.2) is 5.13 Å². The molecule has 164 valence electrons. The van der Waals surface area contributed by atoms with Crippen molar-refractivity contribution in [3.05, 3.63) is 76.8 Å². The lowest BCUT2D eigenvalue weighted by atomic mass is 10.1. The summed E-state index contributed by atoms with van der Waals surface area (Å²) in [6.07, 6.45) is 10.2. The smallest absolute Gasteiger partial charge is 0.190 e. The molecule has 0 amide bonds. The molecule has 0 bridgehead atoms. The van der Waals surface area contributed by atoms with Crippen molar-refractivity contribution < 1.29 is 4.74 Å². The summed E-state index contributed by atoms with van der Waals surface area (Å²) >= 11 is 1.80. The molecule has 0 atom stereocenters. The number of anilines is 2. The number of allylic oxidation sites excluding steroid dienone is 1. The van der Waals surface area contributed by atoms with Gasteiger partial charge in [-0.1, -0.05) is 63.6 Å². The molecule has 0 saturated carbocycles. The zero-order valence-corrected chi connectivity index (χ0v) is 19.8. The average Bonchev–Trinajstić information content (AvgIpc) is 3.27. The van der Waals surface area contributed by atoms with Crippen LogP contribution >= 0.6 is 11.3 Å². The van der Waals surface area contributed by atoms with Gasteiger partial charge in [-0.25, -0.2) is 4.98 Å². The quantitative estimate of drug-likeness (QED) is 0.345. The van der Waals surface area contributed by atoms with Crippen molar-refractivity contribution in [3.63, 3.8) is 0 Å². The first kappa shape index (κ1) is 23.1. The zero-order chi connectivity index (χ0) is 21.9. The number of ether oxygens (including phenoxy) is 1. The van der Waals surface area contributed by atoms with Crippen LogP contribution in [0, 0.1) is 0 Å². The van der Waals surface area contributed by atoms with Crippen molar-refractivity contribution >= 4 is 28.2 Å². The van der Waals surface area contributed by atoms with Gasteiger partial charge in [0, 0.05) is 10.6 Å². The summed E-state index contributed by atoms with van der Waals surface area (Å²) in [6, 6.07) is 19.0. The Kier molecular flexibility index (Phi) is 9.16. The van der Waals surface area contributed by atoms with Crippen LogP contribution in [0.3, 0.4) is 0 Å². The van der Waals surface area contributed by atoms with Crippen LogP contribution in [-0.2, 0) is 12.8 Å². The number of hydrogen-bond acceptors (Lipinski definition) is 4. The van der Waals surface area contributed by atoms with Gasteiger partial charge in [0.2, 0.25) is 0 Å². The summed E-state index contributed by atoms with van der Waals surface area (Å²) in [6.45, 7) is 7.60. The predicted molar refractivity (Wildman–Crippen MR) is 135 cm³/mol. The molecule has 0 unspecified atom stereocenters. The van der Waals surface area contributed by atoms with Crippen molar-refractivity contribution in [3.8, 4) is 5.75 Å². The minimum atomic E-state index is 0.614. The molecule has 1 aliphatic rings. The van der Waals surface area contributed by atoms with Crippen LogP contribution < -0.4 is 9.64 Å². The van der Waals surface area contributed by atoms with Gasteiger partial charge >= 0.3 is 0 Å². The molecule has 0 aliphatic heterocycles. The first-order chi connectivity index (χ1) is 15.3. The van der Waals surface area contributed by atoms with E-state index in [9.17, 15) is 0 Å². The molecule has 1 heterocycles. The molecule has 1 aliphatic carbocycles. The minimum absolute atomic E-state index is 0.614. The summed E-state index contributed by atoms with van der Waals surface area (Å²) in [5, 5.41) is 1.05. The van der Waals surface area contributed by atoms with Gasteiger partial charge in [-0.15, -0.1) is 11.3 Å². The fourth-order valence-corrected chi connectivity index (χ4v) is 4.63. The fourth-order valence-electron chi connectivity index (χ4n) is 3.52. The molecule has 31 heavy (non-hydrogen) atoms. The number of aromatic nitrogens is 1. The second-order valence-corrected chi connectivity index (χ2v) is 8.39. The highest BCUT2D eigenvalue weighted by atomic mass is 32.1. The molecule has 0 saturated heterocycles. The third-order valence-electron chi connectivity index (χ3n) is 5.15. The Hall–Kier alpha value is -2.59. The summed E-state index contributed by atoms with van der Waals surface area (Å²) in [5.41, 5.74) is 3.66. The molecule has 4 rings (SSSR count). The number of thiazole rings is 1. The highest BCUT2D eigenvalue weighted by Crippen LogP contribution is 2.34. The van der Waals surface area contributed by atoms with E-state index in [1.54, 1.807) is 11.3 Å². The first-order valence-corrected chi connectivity index (χ1v) is 12.4. The van der Waals surface area contributed by atoms with E-state index in [0.717, 1.165) is 48.1 Å². The highest BCUT2D eigenvalue weighted by Gasteiger charge is 2.18. The van der Waals surface area contributed by atoms with Crippen LogP contribution in [0.2, 0.25) is 0 Å². The Morgan fingerprint density at radius 3 is 2.52 bits per heavy atom. The number of rotatable bonds is 9. The van der Waals surface area contributed by atoms with Crippen molar-refractivity contribution in [2.75, 3.05) is 18.1 Å². The SMILES string of the molecule is CC.CCCCc1ccc(OCCN(c2ccccc2)c2nc3c(s2)CCC=C3)cc1. The number of hydrogen-bond donors (Lipinski definition) is 0. The van der Waals surface area contributed by atoms with E-state index in [-0.39, 0.29) is 0 Å². The number of aryl methyl sites for hydroxylation is 2. The second kappa shape index (κ2) is 12.3. The largest absolute Gasteiger partial charge is 0.492 e. The normalized spacial score (nSPS) is 12.0. The van der Waals surface area contributed by atoms with Gasteiger partial charge in [-0.05, 0) is 61.6 Å². The number of para-hydroxylation sites is 1. The zero-order valence-electron chi connectivity index (χ0n) is 19.0. The predicted octanol–water partition coefficient (Wildman–Crippen LogP) is 7.69. The molecule has 3 nitrogen and oxygen atoms in total.